The van der Waals surface area contributed by atoms with Crippen molar-refractivity contribution in [3.05, 3.63) is 51.2 Å². The summed E-state index contributed by atoms with van der Waals surface area (Å²) in [6.07, 6.45) is 4.15. The van der Waals surface area contributed by atoms with Crippen molar-refractivity contribution >= 4 is 28.9 Å². The number of carbonyl (C=O) groups excluding carboxylic acids is 2. The number of hydrogen-bond acceptors (Lipinski definition) is 4. The van der Waals surface area contributed by atoms with Gasteiger partial charge in [-0.15, -0.1) is 11.3 Å². The molecule has 0 bridgehead atoms. The molecule has 0 unspecified atom stereocenters. The van der Waals surface area contributed by atoms with Crippen molar-refractivity contribution in [2.45, 2.75) is 25.7 Å². The van der Waals surface area contributed by atoms with Crippen molar-refractivity contribution in [2.24, 2.45) is 0 Å². The first kappa shape index (κ1) is 16.6. The minimum atomic E-state index is -0.762. The van der Waals surface area contributed by atoms with Gasteiger partial charge in [-0.25, -0.2) is 13.6 Å². The average molecular weight is 351 g/mol. The lowest BCUT2D eigenvalue weighted by atomic mass is 9.99. The Morgan fingerprint density at radius 3 is 2.75 bits per heavy atom. The fourth-order valence-electron chi connectivity index (χ4n) is 2.57. The first-order chi connectivity index (χ1) is 11.5. The van der Waals surface area contributed by atoms with Crippen LogP contribution < -0.4 is 5.32 Å². The van der Waals surface area contributed by atoms with Gasteiger partial charge in [0.05, 0.1) is 5.69 Å². The monoisotopic (exact) mass is 351 g/mol. The number of esters is 1. The van der Waals surface area contributed by atoms with E-state index in [4.69, 9.17) is 4.74 Å². The molecule has 3 rings (SSSR count). The summed E-state index contributed by atoms with van der Waals surface area (Å²) < 4.78 is 31.4. The van der Waals surface area contributed by atoms with E-state index in [2.05, 4.69) is 5.32 Å². The molecule has 1 aromatic carbocycles. The SMILES string of the molecule is O=C(COC(=O)c1cc2c(s1)CCCC2)Nc1cc(F)ccc1F. The summed E-state index contributed by atoms with van der Waals surface area (Å²) in [6.45, 7) is -0.558. The zero-order valence-electron chi connectivity index (χ0n) is 12.7. The molecule has 0 saturated heterocycles. The van der Waals surface area contributed by atoms with Crippen LogP contribution in [0.25, 0.3) is 0 Å². The first-order valence-corrected chi connectivity index (χ1v) is 8.38. The van der Waals surface area contributed by atoms with Crippen molar-refractivity contribution in [3.8, 4) is 0 Å². The number of hydrogen-bond donors (Lipinski definition) is 1. The number of ether oxygens (including phenoxy) is 1. The Kier molecular flexibility index (Phi) is 4.89. The minimum Gasteiger partial charge on any atom is -0.451 e. The van der Waals surface area contributed by atoms with E-state index in [1.54, 1.807) is 0 Å². The van der Waals surface area contributed by atoms with Crippen LogP contribution in [0.1, 0.15) is 33.0 Å². The van der Waals surface area contributed by atoms with Gasteiger partial charge in [-0.3, -0.25) is 4.79 Å². The van der Waals surface area contributed by atoms with Crippen LogP contribution in [-0.4, -0.2) is 18.5 Å². The highest BCUT2D eigenvalue weighted by Gasteiger charge is 2.19. The van der Waals surface area contributed by atoms with Crippen LogP contribution in [0, 0.1) is 11.6 Å². The van der Waals surface area contributed by atoms with Gasteiger partial charge in [-0.05, 0) is 49.4 Å². The molecule has 126 valence electrons. The standard InChI is InChI=1S/C17H15F2NO3S/c18-11-5-6-12(19)13(8-11)20-16(21)9-23-17(22)15-7-10-3-1-2-4-14(10)24-15/h5-8H,1-4,9H2,(H,20,21). The van der Waals surface area contributed by atoms with Crippen LogP contribution in [0.15, 0.2) is 24.3 Å². The second-order valence-corrected chi connectivity index (χ2v) is 6.65. The molecule has 0 radical (unpaired) electrons. The van der Waals surface area contributed by atoms with Crippen molar-refractivity contribution in [1.82, 2.24) is 0 Å². The molecule has 0 saturated carbocycles. The third-order valence-corrected chi connectivity index (χ3v) is 4.95. The van der Waals surface area contributed by atoms with Gasteiger partial charge in [0, 0.05) is 10.9 Å². The zero-order chi connectivity index (χ0) is 17.1. The quantitative estimate of drug-likeness (QED) is 0.855. The van der Waals surface area contributed by atoms with Crippen molar-refractivity contribution in [1.29, 1.82) is 0 Å². The summed E-state index contributed by atoms with van der Waals surface area (Å²) in [5.74, 6) is -2.74. The van der Waals surface area contributed by atoms with E-state index in [1.165, 1.54) is 21.8 Å². The van der Waals surface area contributed by atoms with Crippen molar-refractivity contribution in [3.63, 3.8) is 0 Å². The molecule has 1 N–H and O–H groups in total. The van der Waals surface area contributed by atoms with E-state index >= 15 is 0 Å². The summed E-state index contributed by atoms with van der Waals surface area (Å²) >= 11 is 1.39. The lowest BCUT2D eigenvalue weighted by molar-refractivity contribution is -0.119. The third-order valence-electron chi connectivity index (χ3n) is 3.73. The van der Waals surface area contributed by atoms with Crippen LogP contribution in [0.4, 0.5) is 14.5 Å². The van der Waals surface area contributed by atoms with Gasteiger partial charge >= 0.3 is 5.97 Å². The fraction of sp³-hybridized carbons (Fsp3) is 0.294. The number of carbonyl (C=O) groups is 2. The number of amides is 1. The first-order valence-electron chi connectivity index (χ1n) is 7.56. The Bertz CT molecular complexity index is 765. The van der Waals surface area contributed by atoms with E-state index in [0.717, 1.165) is 43.9 Å². The van der Waals surface area contributed by atoms with E-state index < -0.39 is 30.1 Å². The number of nitrogens with one attached hydrogen (secondary N) is 1. The number of aryl methyl sites for hydroxylation is 2. The molecule has 1 aliphatic rings. The average Bonchev–Trinajstić information content (AvgIpc) is 3.00. The Balaban J connectivity index is 1.56. The number of halogens is 2. The lowest BCUT2D eigenvalue weighted by Crippen LogP contribution is -2.21. The van der Waals surface area contributed by atoms with Gasteiger partial charge in [0.2, 0.25) is 0 Å². The fourth-order valence-corrected chi connectivity index (χ4v) is 3.72. The van der Waals surface area contributed by atoms with Gasteiger partial charge in [-0.1, -0.05) is 0 Å². The summed E-state index contributed by atoms with van der Waals surface area (Å²) in [6, 6.07) is 4.53. The maximum Gasteiger partial charge on any atom is 0.348 e. The van der Waals surface area contributed by atoms with Gasteiger partial charge in [0.1, 0.15) is 16.5 Å². The second-order valence-electron chi connectivity index (χ2n) is 5.51. The highest BCUT2D eigenvalue weighted by Crippen LogP contribution is 2.30. The highest BCUT2D eigenvalue weighted by atomic mass is 32.1. The van der Waals surface area contributed by atoms with Crippen LogP contribution in [0.3, 0.4) is 0 Å². The molecule has 4 nitrogen and oxygen atoms in total. The predicted molar refractivity (Wildman–Crippen MR) is 86.2 cm³/mol. The van der Waals surface area contributed by atoms with Crippen LogP contribution in [0.2, 0.25) is 0 Å². The van der Waals surface area contributed by atoms with Crippen LogP contribution >= 0.6 is 11.3 Å². The zero-order valence-corrected chi connectivity index (χ0v) is 13.6. The molecular formula is C17H15F2NO3S. The van der Waals surface area contributed by atoms with Crippen LogP contribution in [0.5, 0.6) is 0 Å². The van der Waals surface area contributed by atoms with E-state index in [1.807, 2.05) is 6.07 Å². The van der Waals surface area contributed by atoms with Gasteiger partial charge < -0.3 is 10.1 Å². The summed E-state index contributed by atoms with van der Waals surface area (Å²) in [7, 11) is 0. The molecule has 0 spiro atoms. The normalized spacial score (nSPS) is 13.2. The summed E-state index contributed by atoms with van der Waals surface area (Å²) in [4.78, 5) is 25.4. The molecule has 1 amide bonds. The van der Waals surface area contributed by atoms with E-state index in [0.29, 0.717) is 4.88 Å². The number of fused-ring (bicyclic) bond motifs is 1. The van der Waals surface area contributed by atoms with Gasteiger partial charge in [-0.2, -0.15) is 0 Å². The minimum absolute atomic E-state index is 0.289. The Morgan fingerprint density at radius 2 is 1.96 bits per heavy atom. The number of benzene rings is 1. The maximum atomic E-state index is 13.4. The molecular weight excluding hydrogens is 336 g/mol. The molecule has 0 fully saturated rings. The molecule has 0 aliphatic heterocycles. The molecule has 1 heterocycles. The third kappa shape index (κ3) is 3.79. The molecule has 24 heavy (non-hydrogen) atoms. The van der Waals surface area contributed by atoms with Gasteiger partial charge in [0.25, 0.3) is 5.91 Å². The molecule has 1 aromatic heterocycles. The second kappa shape index (κ2) is 7.09. The summed E-state index contributed by atoms with van der Waals surface area (Å²) in [5.41, 5.74) is 0.882. The molecule has 2 aromatic rings. The Morgan fingerprint density at radius 1 is 1.17 bits per heavy atom. The number of thiophene rings is 1. The lowest BCUT2D eigenvalue weighted by Gasteiger charge is -2.08. The van der Waals surface area contributed by atoms with E-state index in [-0.39, 0.29) is 5.69 Å². The largest absolute Gasteiger partial charge is 0.451 e. The van der Waals surface area contributed by atoms with E-state index in [9.17, 15) is 18.4 Å². The van der Waals surface area contributed by atoms with Gasteiger partial charge in [0.15, 0.2) is 6.61 Å². The highest BCUT2D eigenvalue weighted by molar-refractivity contribution is 7.14. The van der Waals surface area contributed by atoms with Crippen LogP contribution in [-0.2, 0) is 22.4 Å². The molecule has 7 heteroatoms. The topological polar surface area (TPSA) is 55.4 Å². The summed E-state index contributed by atoms with van der Waals surface area (Å²) in [5, 5.41) is 2.18. The van der Waals surface area contributed by atoms with Crippen molar-refractivity contribution in [2.75, 3.05) is 11.9 Å². The Labute approximate surface area is 141 Å². The molecule has 1 aliphatic carbocycles. The maximum absolute atomic E-state index is 13.4. The smallest absolute Gasteiger partial charge is 0.348 e. The number of rotatable bonds is 4. The molecule has 0 atom stereocenters. The number of anilines is 1. The predicted octanol–water partition coefficient (Wildman–Crippen LogP) is 3.70. The van der Waals surface area contributed by atoms with Crippen molar-refractivity contribution < 1.29 is 23.1 Å². The Hall–Kier alpha value is -2.28.